The predicted octanol–water partition coefficient (Wildman–Crippen LogP) is 2.58. The van der Waals surface area contributed by atoms with Gasteiger partial charge in [0.2, 0.25) is 0 Å². The smallest absolute Gasteiger partial charge is 0.123 e. The highest BCUT2D eigenvalue weighted by Crippen LogP contribution is 2.16. The van der Waals surface area contributed by atoms with Crippen LogP contribution >= 0.6 is 0 Å². The molecule has 1 atom stereocenters. The largest absolute Gasteiger partial charge is 0.328 e. The lowest BCUT2D eigenvalue weighted by Gasteiger charge is -2.07. The minimum absolute atomic E-state index is 0.115. The average Bonchev–Trinajstić information content (AvgIpc) is 2.57. The predicted molar refractivity (Wildman–Crippen MR) is 74.6 cm³/mol. The first kappa shape index (κ1) is 13.7. The lowest BCUT2D eigenvalue weighted by atomic mass is 10.1. The van der Waals surface area contributed by atoms with Crippen molar-refractivity contribution in [1.29, 1.82) is 0 Å². The molecule has 0 saturated heterocycles. The Hall–Kier alpha value is -1.68. The molecule has 1 unspecified atom stereocenters. The summed E-state index contributed by atoms with van der Waals surface area (Å²) in [5.41, 5.74) is 10.1. The van der Waals surface area contributed by atoms with E-state index in [1.807, 2.05) is 31.5 Å². The summed E-state index contributed by atoms with van der Waals surface area (Å²) in [5.74, 6) is -0.213. The minimum Gasteiger partial charge on any atom is -0.328 e. The van der Waals surface area contributed by atoms with Crippen LogP contribution in [-0.2, 0) is 13.0 Å². The Balaban J connectivity index is 2.26. The zero-order valence-electron chi connectivity index (χ0n) is 11.7. The number of hydrogen-bond acceptors (Lipinski definition) is 2. The van der Waals surface area contributed by atoms with E-state index < -0.39 is 0 Å². The van der Waals surface area contributed by atoms with Crippen molar-refractivity contribution in [3.8, 4) is 0 Å². The average molecular weight is 261 g/mol. The molecule has 19 heavy (non-hydrogen) atoms. The molecule has 3 nitrogen and oxygen atoms in total. The summed E-state index contributed by atoms with van der Waals surface area (Å²) < 4.78 is 15.1. The van der Waals surface area contributed by atoms with Crippen LogP contribution in [0.5, 0.6) is 0 Å². The molecule has 2 N–H and O–H groups in total. The molecule has 0 radical (unpaired) electrons. The van der Waals surface area contributed by atoms with Gasteiger partial charge in [-0.25, -0.2) is 4.39 Å². The van der Waals surface area contributed by atoms with Crippen LogP contribution < -0.4 is 5.73 Å². The molecule has 0 bridgehead atoms. The van der Waals surface area contributed by atoms with Crippen LogP contribution in [0.4, 0.5) is 4.39 Å². The Morgan fingerprint density at radius 1 is 1.37 bits per heavy atom. The Labute approximate surface area is 113 Å². The van der Waals surface area contributed by atoms with Crippen molar-refractivity contribution >= 4 is 0 Å². The molecule has 0 fully saturated rings. The highest BCUT2D eigenvalue weighted by atomic mass is 19.1. The van der Waals surface area contributed by atoms with E-state index in [1.54, 1.807) is 12.1 Å². The monoisotopic (exact) mass is 261 g/mol. The zero-order valence-corrected chi connectivity index (χ0v) is 11.7. The zero-order chi connectivity index (χ0) is 14.0. The molecular weight excluding hydrogens is 241 g/mol. The van der Waals surface area contributed by atoms with Crippen molar-refractivity contribution < 1.29 is 4.39 Å². The standard InChI is InChI=1S/C15H20FN3/c1-10(17)7-15-11(2)18-19(12(15)3)9-13-5-4-6-14(16)8-13/h4-6,8,10H,7,9,17H2,1-3H3. The molecule has 0 spiro atoms. The summed E-state index contributed by atoms with van der Waals surface area (Å²) in [7, 11) is 0. The molecule has 4 heteroatoms. The summed E-state index contributed by atoms with van der Waals surface area (Å²) in [6.45, 7) is 6.61. The van der Waals surface area contributed by atoms with E-state index in [9.17, 15) is 4.39 Å². The minimum atomic E-state index is -0.213. The van der Waals surface area contributed by atoms with Gasteiger partial charge >= 0.3 is 0 Å². The van der Waals surface area contributed by atoms with Gasteiger partial charge < -0.3 is 5.73 Å². The maximum atomic E-state index is 13.2. The van der Waals surface area contributed by atoms with E-state index in [2.05, 4.69) is 5.10 Å². The molecule has 2 rings (SSSR count). The Bertz CT molecular complexity index is 573. The molecule has 0 amide bonds. The van der Waals surface area contributed by atoms with Gasteiger partial charge in [-0.1, -0.05) is 12.1 Å². The fraction of sp³-hybridized carbons (Fsp3) is 0.400. The Morgan fingerprint density at radius 3 is 2.74 bits per heavy atom. The maximum Gasteiger partial charge on any atom is 0.123 e. The van der Waals surface area contributed by atoms with Crippen molar-refractivity contribution in [2.75, 3.05) is 0 Å². The van der Waals surface area contributed by atoms with Gasteiger partial charge in [0, 0.05) is 11.7 Å². The highest BCUT2D eigenvalue weighted by Gasteiger charge is 2.13. The quantitative estimate of drug-likeness (QED) is 0.919. The van der Waals surface area contributed by atoms with Crippen LogP contribution in [0.3, 0.4) is 0 Å². The van der Waals surface area contributed by atoms with Crippen LogP contribution in [0.1, 0.15) is 29.4 Å². The summed E-state index contributed by atoms with van der Waals surface area (Å²) >= 11 is 0. The number of aromatic nitrogens is 2. The van der Waals surface area contributed by atoms with Crippen LogP contribution in [0.15, 0.2) is 24.3 Å². The second kappa shape index (κ2) is 5.53. The van der Waals surface area contributed by atoms with E-state index in [1.165, 1.54) is 11.6 Å². The molecule has 2 aromatic rings. The van der Waals surface area contributed by atoms with Gasteiger partial charge in [-0.05, 0) is 50.5 Å². The van der Waals surface area contributed by atoms with E-state index in [0.717, 1.165) is 23.4 Å². The third-order valence-corrected chi connectivity index (χ3v) is 3.28. The first-order chi connectivity index (χ1) is 8.97. The summed E-state index contributed by atoms with van der Waals surface area (Å²) in [6, 6.07) is 6.74. The number of nitrogens with two attached hydrogens (primary N) is 1. The van der Waals surface area contributed by atoms with Crippen LogP contribution in [0.2, 0.25) is 0 Å². The summed E-state index contributed by atoms with van der Waals surface area (Å²) in [6.07, 6.45) is 0.820. The van der Waals surface area contributed by atoms with Gasteiger partial charge in [0.15, 0.2) is 0 Å². The molecule has 1 heterocycles. The van der Waals surface area contributed by atoms with Gasteiger partial charge in [-0.15, -0.1) is 0 Å². The number of hydrogen-bond donors (Lipinski definition) is 1. The Kier molecular flexibility index (Phi) is 4.00. The Morgan fingerprint density at radius 2 is 2.11 bits per heavy atom. The normalized spacial score (nSPS) is 12.7. The maximum absolute atomic E-state index is 13.2. The first-order valence-electron chi connectivity index (χ1n) is 6.50. The van der Waals surface area contributed by atoms with Crippen molar-refractivity contribution in [2.45, 2.75) is 39.8 Å². The molecule has 0 saturated carbocycles. The van der Waals surface area contributed by atoms with Crippen molar-refractivity contribution in [3.63, 3.8) is 0 Å². The van der Waals surface area contributed by atoms with Crippen molar-refractivity contribution in [1.82, 2.24) is 9.78 Å². The molecule has 1 aromatic heterocycles. The lowest BCUT2D eigenvalue weighted by molar-refractivity contribution is 0.615. The lowest BCUT2D eigenvalue weighted by Crippen LogP contribution is -2.18. The van der Waals surface area contributed by atoms with Gasteiger partial charge in [-0.3, -0.25) is 4.68 Å². The van der Waals surface area contributed by atoms with Gasteiger partial charge in [0.1, 0.15) is 5.82 Å². The summed E-state index contributed by atoms with van der Waals surface area (Å²) in [4.78, 5) is 0. The second-order valence-electron chi connectivity index (χ2n) is 5.12. The third kappa shape index (κ3) is 3.20. The first-order valence-corrected chi connectivity index (χ1v) is 6.50. The topological polar surface area (TPSA) is 43.8 Å². The second-order valence-corrected chi connectivity index (χ2v) is 5.12. The van der Waals surface area contributed by atoms with E-state index >= 15 is 0 Å². The van der Waals surface area contributed by atoms with E-state index in [-0.39, 0.29) is 11.9 Å². The molecule has 0 aliphatic heterocycles. The van der Waals surface area contributed by atoms with Crippen LogP contribution in [0.25, 0.3) is 0 Å². The van der Waals surface area contributed by atoms with E-state index in [0.29, 0.717) is 6.54 Å². The fourth-order valence-corrected chi connectivity index (χ4v) is 2.31. The number of rotatable bonds is 4. The van der Waals surface area contributed by atoms with Gasteiger partial charge in [-0.2, -0.15) is 5.10 Å². The molecule has 0 aliphatic carbocycles. The highest BCUT2D eigenvalue weighted by molar-refractivity contribution is 5.27. The SMILES string of the molecule is Cc1nn(Cc2cccc(F)c2)c(C)c1CC(C)N. The summed E-state index contributed by atoms with van der Waals surface area (Å²) in [5, 5.41) is 4.53. The molecular formula is C15H20FN3. The van der Waals surface area contributed by atoms with Crippen molar-refractivity contribution in [3.05, 3.63) is 52.6 Å². The number of aryl methyl sites for hydroxylation is 1. The van der Waals surface area contributed by atoms with E-state index in [4.69, 9.17) is 5.73 Å². The number of halogens is 1. The number of nitrogens with zero attached hydrogens (tertiary/aromatic N) is 2. The van der Waals surface area contributed by atoms with Gasteiger partial charge in [0.05, 0.1) is 12.2 Å². The van der Waals surface area contributed by atoms with Crippen molar-refractivity contribution in [2.24, 2.45) is 5.73 Å². The molecule has 0 aliphatic rings. The molecule has 102 valence electrons. The van der Waals surface area contributed by atoms with Crippen LogP contribution in [0, 0.1) is 19.7 Å². The molecule has 1 aromatic carbocycles. The third-order valence-electron chi connectivity index (χ3n) is 3.28. The van der Waals surface area contributed by atoms with Gasteiger partial charge in [0.25, 0.3) is 0 Å². The van der Waals surface area contributed by atoms with Crippen LogP contribution in [-0.4, -0.2) is 15.8 Å². The fourth-order valence-electron chi connectivity index (χ4n) is 2.31. The number of benzene rings is 1.